The number of rotatable bonds is 5. The summed E-state index contributed by atoms with van der Waals surface area (Å²) in [4.78, 5) is 13.1. The third-order valence-electron chi connectivity index (χ3n) is 2.73. The summed E-state index contributed by atoms with van der Waals surface area (Å²) in [6, 6.07) is 10.1. The quantitative estimate of drug-likeness (QED) is 0.913. The van der Waals surface area contributed by atoms with Gasteiger partial charge in [0.15, 0.2) is 5.82 Å². The van der Waals surface area contributed by atoms with Gasteiger partial charge < -0.3 is 10.1 Å². The highest BCUT2D eigenvalue weighted by Gasteiger charge is 2.16. The third-order valence-corrected chi connectivity index (χ3v) is 2.73. The predicted octanol–water partition coefficient (Wildman–Crippen LogP) is 1.94. The molecule has 0 saturated carbocycles. The number of tetrazole rings is 1. The van der Waals surface area contributed by atoms with E-state index in [-0.39, 0.29) is 6.54 Å². The van der Waals surface area contributed by atoms with E-state index in [0.717, 1.165) is 6.42 Å². The molecule has 1 aromatic heterocycles. The summed E-state index contributed by atoms with van der Waals surface area (Å²) < 4.78 is 5.14. The molecule has 118 valence electrons. The lowest BCUT2D eigenvalue weighted by atomic mass is 10.2. The molecule has 7 nitrogen and oxygen atoms in total. The highest BCUT2D eigenvalue weighted by atomic mass is 16.6. The van der Waals surface area contributed by atoms with Crippen LogP contribution in [0.1, 0.15) is 32.2 Å². The van der Waals surface area contributed by atoms with Crippen molar-refractivity contribution in [1.82, 2.24) is 25.5 Å². The molecule has 0 fully saturated rings. The molecular weight excluding hydrogens is 282 g/mol. The summed E-state index contributed by atoms with van der Waals surface area (Å²) in [6.07, 6.45) is 0.337. The van der Waals surface area contributed by atoms with Gasteiger partial charge in [0.05, 0.1) is 13.1 Å². The van der Waals surface area contributed by atoms with Gasteiger partial charge in [-0.3, -0.25) is 0 Å². The first-order chi connectivity index (χ1) is 10.4. The average molecular weight is 303 g/mol. The first-order valence-corrected chi connectivity index (χ1v) is 7.20. The van der Waals surface area contributed by atoms with E-state index >= 15 is 0 Å². The zero-order valence-corrected chi connectivity index (χ0v) is 13.1. The minimum Gasteiger partial charge on any atom is -0.444 e. The monoisotopic (exact) mass is 303 g/mol. The second-order valence-electron chi connectivity index (χ2n) is 5.89. The van der Waals surface area contributed by atoms with Crippen LogP contribution in [0.2, 0.25) is 0 Å². The van der Waals surface area contributed by atoms with Crippen molar-refractivity contribution in [1.29, 1.82) is 0 Å². The summed E-state index contributed by atoms with van der Waals surface area (Å²) >= 11 is 0. The molecule has 1 heterocycles. The van der Waals surface area contributed by atoms with Gasteiger partial charge >= 0.3 is 6.09 Å². The summed E-state index contributed by atoms with van der Waals surface area (Å²) in [6.45, 7) is 6.27. The van der Waals surface area contributed by atoms with Gasteiger partial charge in [0.2, 0.25) is 0 Å². The van der Waals surface area contributed by atoms with Crippen LogP contribution in [-0.2, 0) is 24.2 Å². The number of alkyl carbamates (subject to hydrolysis) is 1. The van der Waals surface area contributed by atoms with E-state index in [0.29, 0.717) is 12.4 Å². The Kier molecular flexibility index (Phi) is 5.08. The van der Waals surface area contributed by atoms with Crippen LogP contribution in [0, 0.1) is 0 Å². The Hall–Kier alpha value is -2.44. The van der Waals surface area contributed by atoms with Crippen LogP contribution < -0.4 is 5.32 Å². The van der Waals surface area contributed by atoms with Gasteiger partial charge in [0.25, 0.3) is 0 Å². The third kappa shape index (κ3) is 5.51. The predicted molar refractivity (Wildman–Crippen MR) is 81.0 cm³/mol. The maximum atomic E-state index is 11.5. The van der Waals surface area contributed by atoms with E-state index in [1.807, 2.05) is 39.0 Å². The lowest BCUT2D eigenvalue weighted by Crippen LogP contribution is -2.32. The second kappa shape index (κ2) is 7.02. The molecule has 0 bridgehead atoms. The zero-order chi connectivity index (χ0) is 16.0. The van der Waals surface area contributed by atoms with Crippen molar-refractivity contribution in [3.63, 3.8) is 0 Å². The van der Waals surface area contributed by atoms with Gasteiger partial charge in [-0.2, -0.15) is 4.80 Å². The normalized spacial score (nSPS) is 11.2. The summed E-state index contributed by atoms with van der Waals surface area (Å²) in [5.41, 5.74) is 0.693. The van der Waals surface area contributed by atoms with Crippen molar-refractivity contribution < 1.29 is 9.53 Å². The Balaban J connectivity index is 1.78. The number of aryl methyl sites for hydroxylation is 2. The fourth-order valence-electron chi connectivity index (χ4n) is 1.78. The molecule has 0 saturated heterocycles. The Bertz CT molecular complexity index is 604. The Labute approximate surface area is 129 Å². The van der Waals surface area contributed by atoms with Crippen LogP contribution in [0.25, 0.3) is 0 Å². The van der Waals surface area contributed by atoms with Crippen molar-refractivity contribution in [2.24, 2.45) is 0 Å². The first kappa shape index (κ1) is 15.9. The highest BCUT2D eigenvalue weighted by molar-refractivity contribution is 5.67. The van der Waals surface area contributed by atoms with Crippen molar-refractivity contribution in [3.05, 3.63) is 41.7 Å². The Morgan fingerprint density at radius 3 is 2.68 bits per heavy atom. The molecule has 0 spiro atoms. The largest absolute Gasteiger partial charge is 0.444 e. The van der Waals surface area contributed by atoms with Crippen LogP contribution in [0.3, 0.4) is 0 Å². The number of carbonyl (C=O) groups is 1. The number of nitrogens with zero attached hydrogens (tertiary/aromatic N) is 4. The standard InChI is InChI=1S/C15H21N5O2/c1-15(2,3)22-14(21)16-11-13-17-19-20(18-13)10-9-12-7-5-4-6-8-12/h4-8H,9-11H2,1-3H3,(H,16,21). The molecule has 0 atom stereocenters. The fraction of sp³-hybridized carbons (Fsp3) is 0.467. The molecule has 2 aromatic rings. The minimum absolute atomic E-state index is 0.195. The van der Waals surface area contributed by atoms with Crippen molar-refractivity contribution in [2.45, 2.75) is 45.9 Å². The van der Waals surface area contributed by atoms with Crippen LogP contribution in [0.15, 0.2) is 30.3 Å². The summed E-state index contributed by atoms with van der Waals surface area (Å²) in [5.74, 6) is 0.457. The van der Waals surface area contributed by atoms with E-state index in [1.54, 1.807) is 0 Å². The number of amides is 1. The van der Waals surface area contributed by atoms with E-state index in [1.165, 1.54) is 10.4 Å². The van der Waals surface area contributed by atoms with Crippen LogP contribution in [0.5, 0.6) is 0 Å². The van der Waals surface area contributed by atoms with E-state index in [4.69, 9.17) is 4.74 Å². The van der Waals surface area contributed by atoms with Crippen LogP contribution >= 0.6 is 0 Å². The SMILES string of the molecule is CC(C)(C)OC(=O)NCc1nnn(CCc2ccccc2)n1. The van der Waals surface area contributed by atoms with E-state index in [9.17, 15) is 4.79 Å². The summed E-state index contributed by atoms with van der Waals surface area (Å²) in [5, 5.41) is 14.7. The zero-order valence-electron chi connectivity index (χ0n) is 13.1. The van der Waals surface area contributed by atoms with Crippen molar-refractivity contribution in [2.75, 3.05) is 0 Å². The molecule has 0 radical (unpaired) electrons. The highest BCUT2D eigenvalue weighted by Crippen LogP contribution is 2.06. The minimum atomic E-state index is -0.523. The Morgan fingerprint density at radius 1 is 1.27 bits per heavy atom. The van der Waals surface area contributed by atoms with Gasteiger partial charge in [-0.15, -0.1) is 10.2 Å². The molecule has 1 aromatic carbocycles. The molecule has 0 aliphatic rings. The average Bonchev–Trinajstić information content (AvgIpc) is 2.90. The molecule has 1 N–H and O–H groups in total. The molecule has 22 heavy (non-hydrogen) atoms. The molecular formula is C15H21N5O2. The Morgan fingerprint density at radius 2 is 2.00 bits per heavy atom. The van der Waals surface area contributed by atoms with Crippen LogP contribution in [0.4, 0.5) is 4.79 Å². The van der Waals surface area contributed by atoms with Gasteiger partial charge in [0, 0.05) is 0 Å². The smallest absolute Gasteiger partial charge is 0.408 e. The number of nitrogens with one attached hydrogen (secondary N) is 1. The maximum absolute atomic E-state index is 11.5. The number of hydrogen-bond acceptors (Lipinski definition) is 5. The number of ether oxygens (including phenoxy) is 1. The number of aromatic nitrogens is 4. The maximum Gasteiger partial charge on any atom is 0.408 e. The molecule has 7 heteroatoms. The summed E-state index contributed by atoms with van der Waals surface area (Å²) in [7, 11) is 0. The molecule has 2 rings (SSSR count). The fourth-order valence-corrected chi connectivity index (χ4v) is 1.78. The van der Waals surface area contributed by atoms with E-state index in [2.05, 4.69) is 32.9 Å². The first-order valence-electron chi connectivity index (χ1n) is 7.20. The molecule has 0 aliphatic heterocycles. The molecule has 1 amide bonds. The topological polar surface area (TPSA) is 81.9 Å². The number of carbonyl (C=O) groups excluding carboxylic acids is 1. The number of benzene rings is 1. The van der Waals surface area contributed by atoms with Crippen molar-refractivity contribution >= 4 is 6.09 Å². The van der Waals surface area contributed by atoms with Crippen molar-refractivity contribution in [3.8, 4) is 0 Å². The lowest BCUT2D eigenvalue weighted by molar-refractivity contribution is 0.0522. The van der Waals surface area contributed by atoms with Gasteiger partial charge in [-0.25, -0.2) is 4.79 Å². The lowest BCUT2D eigenvalue weighted by Gasteiger charge is -2.19. The second-order valence-corrected chi connectivity index (χ2v) is 5.89. The molecule has 0 aliphatic carbocycles. The van der Waals surface area contributed by atoms with Gasteiger partial charge in [-0.05, 0) is 38.0 Å². The van der Waals surface area contributed by atoms with E-state index < -0.39 is 11.7 Å². The van der Waals surface area contributed by atoms with Crippen LogP contribution in [-0.4, -0.2) is 31.9 Å². The van der Waals surface area contributed by atoms with Gasteiger partial charge in [-0.1, -0.05) is 30.3 Å². The molecule has 0 unspecified atom stereocenters. The van der Waals surface area contributed by atoms with Gasteiger partial charge in [0.1, 0.15) is 5.60 Å². The number of hydrogen-bond donors (Lipinski definition) is 1.